The number of rotatable bonds is 6. The second kappa shape index (κ2) is 9.28. The van der Waals surface area contributed by atoms with Crippen LogP contribution in [0.4, 0.5) is 0 Å². The number of unbranched alkanes of at least 4 members (excludes halogenated alkanes) is 2. The largest absolute Gasteiger partial charge is 0.0745 e. The van der Waals surface area contributed by atoms with Crippen molar-refractivity contribution in [2.75, 3.05) is 0 Å². The normalized spacial score (nSPS) is 35.5. The van der Waals surface area contributed by atoms with Gasteiger partial charge in [-0.1, -0.05) is 67.5 Å². The van der Waals surface area contributed by atoms with Crippen LogP contribution in [0.2, 0.25) is 0 Å². The average molecular weight is 341 g/mol. The summed E-state index contributed by atoms with van der Waals surface area (Å²) >= 11 is 3.43. The predicted molar refractivity (Wildman–Crippen MR) is 93.1 cm³/mol. The minimum atomic E-state index is 0.857. The lowest BCUT2D eigenvalue weighted by Gasteiger charge is -2.37. The van der Waals surface area contributed by atoms with Gasteiger partial charge in [0.2, 0.25) is 0 Å². The molecule has 2 rings (SSSR count). The molecule has 2 saturated carbocycles. The second-order valence-electron chi connectivity index (χ2n) is 7.27. The van der Waals surface area contributed by atoms with Gasteiger partial charge >= 0.3 is 0 Å². The number of hydrogen-bond acceptors (Lipinski definition) is 0. The van der Waals surface area contributed by atoms with Gasteiger partial charge in [0.05, 0.1) is 0 Å². The third-order valence-corrected chi connectivity index (χ3v) is 6.24. The van der Waals surface area contributed by atoms with Gasteiger partial charge in [0.15, 0.2) is 0 Å². The van der Waals surface area contributed by atoms with E-state index in [1.165, 1.54) is 64.2 Å². The van der Waals surface area contributed by atoms with Crippen LogP contribution < -0.4 is 0 Å². The zero-order valence-corrected chi connectivity index (χ0v) is 14.9. The van der Waals surface area contributed by atoms with E-state index in [1.807, 2.05) is 0 Å². The van der Waals surface area contributed by atoms with Crippen LogP contribution in [0.25, 0.3) is 0 Å². The Hall–Kier alpha value is 0.220. The van der Waals surface area contributed by atoms with E-state index in [2.05, 4.69) is 33.9 Å². The van der Waals surface area contributed by atoms with E-state index < -0.39 is 0 Å². The summed E-state index contributed by atoms with van der Waals surface area (Å²) in [7, 11) is 0. The van der Waals surface area contributed by atoms with E-state index in [4.69, 9.17) is 0 Å². The van der Waals surface area contributed by atoms with Gasteiger partial charge in [0, 0.05) is 0 Å². The summed E-state index contributed by atoms with van der Waals surface area (Å²) in [6.45, 7) is 2.32. The van der Waals surface area contributed by atoms with Crippen molar-refractivity contribution < 1.29 is 0 Å². The van der Waals surface area contributed by atoms with Crippen LogP contribution in [0.5, 0.6) is 0 Å². The Bertz CT molecular complexity index is 267. The van der Waals surface area contributed by atoms with Crippen molar-refractivity contribution in [2.45, 2.75) is 84.0 Å². The van der Waals surface area contributed by atoms with Gasteiger partial charge < -0.3 is 0 Å². The Morgan fingerprint density at radius 2 is 1.45 bits per heavy atom. The third kappa shape index (κ3) is 5.20. The number of halogens is 1. The molecule has 0 atom stereocenters. The summed E-state index contributed by atoms with van der Waals surface area (Å²) in [6.07, 6.45) is 20.2. The van der Waals surface area contributed by atoms with Gasteiger partial charge in [-0.05, 0) is 67.2 Å². The monoisotopic (exact) mass is 340 g/mol. The molecular formula is C19H33Br. The lowest BCUT2D eigenvalue weighted by atomic mass is 9.68. The summed E-state index contributed by atoms with van der Waals surface area (Å²) in [5.41, 5.74) is 0. The SMILES string of the molecule is CCCCCC1CCC(C2CCC(/C=C/Br)CC2)CC1. The lowest BCUT2D eigenvalue weighted by Crippen LogP contribution is -2.25. The summed E-state index contributed by atoms with van der Waals surface area (Å²) in [5, 5.41) is 0. The molecule has 0 nitrogen and oxygen atoms in total. The van der Waals surface area contributed by atoms with Crippen molar-refractivity contribution in [3.8, 4) is 0 Å². The Balaban J connectivity index is 1.64. The first-order valence-corrected chi connectivity index (χ1v) is 10.0. The molecule has 1 heteroatoms. The maximum absolute atomic E-state index is 3.43. The minimum absolute atomic E-state index is 0.857. The highest BCUT2D eigenvalue weighted by molar-refractivity contribution is 9.11. The molecule has 116 valence electrons. The van der Waals surface area contributed by atoms with Crippen LogP contribution >= 0.6 is 15.9 Å². The molecule has 0 aromatic carbocycles. The minimum Gasteiger partial charge on any atom is -0.0745 e. The maximum Gasteiger partial charge on any atom is -0.0225 e. The zero-order valence-electron chi connectivity index (χ0n) is 13.3. The van der Waals surface area contributed by atoms with Crippen LogP contribution in [-0.4, -0.2) is 0 Å². The van der Waals surface area contributed by atoms with Crippen LogP contribution in [0.1, 0.15) is 84.0 Å². The Morgan fingerprint density at radius 1 is 0.850 bits per heavy atom. The van der Waals surface area contributed by atoms with Crippen LogP contribution in [0.3, 0.4) is 0 Å². The molecule has 20 heavy (non-hydrogen) atoms. The molecule has 0 unspecified atom stereocenters. The molecule has 0 radical (unpaired) electrons. The van der Waals surface area contributed by atoms with Crippen molar-refractivity contribution in [2.24, 2.45) is 23.7 Å². The maximum atomic E-state index is 3.43. The molecular weight excluding hydrogens is 308 g/mol. The smallest absolute Gasteiger partial charge is 0.0225 e. The van der Waals surface area contributed by atoms with E-state index in [9.17, 15) is 0 Å². The van der Waals surface area contributed by atoms with Crippen molar-refractivity contribution >= 4 is 15.9 Å². The number of hydrogen-bond donors (Lipinski definition) is 0. The Labute approximate surface area is 134 Å². The molecule has 2 aliphatic carbocycles. The first-order valence-electron chi connectivity index (χ1n) is 9.10. The lowest BCUT2D eigenvalue weighted by molar-refractivity contribution is 0.151. The second-order valence-corrected chi connectivity index (χ2v) is 7.80. The van der Waals surface area contributed by atoms with Gasteiger partial charge in [0.1, 0.15) is 0 Å². The molecule has 0 aliphatic heterocycles. The summed E-state index contributed by atoms with van der Waals surface area (Å²) in [5.74, 6) is 4.07. The first kappa shape index (κ1) is 16.6. The summed E-state index contributed by atoms with van der Waals surface area (Å²) < 4.78 is 0. The van der Waals surface area contributed by atoms with Gasteiger partial charge in [-0.25, -0.2) is 0 Å². The van der Waals surface area contributed by atoms with Crippen LogP contribution in [0, 0.1) is 23.7 Å². The van der Waals surface area contributed by atoms with E-state index in [0.29, 0.717) is 0 Å². The standard InChI is InChI=1S/C19H33Br/c1-2-3-4-5-16-6-10-18(11-7-16)19-12-8-17(9-13-19)14-15-20/h14-19H,2-13H2,1H3/b15-14+. The van der Waals surface area contributed by atoms with Gasteiger partial charge in [0.25, 0.3) is 0 Å². The molecule has 0 N–H and O–H groups in total. The fourth-order valence-electron chi connectivity index (χ4n) is 4.54. The molecule has 2 fully saturated rings. The summed E-state index contributed by atoms with van der Waals surface area (Å²) in [6, 6.07) is 0. The first-order chi connectivity index (χ1) is 9.83. The molecule has 0 saturated heterocycles. The van der Waals surface area contributed by atoms with Crippen molar-refractivity contribution in [3.63, 3.8) is 0 Å². The van der Waals surface area contributed by atoms with Crippen molar-refractivity contribution in [3.05, 3.63) is 11.1 Å². The van der Waals surface area contributed by atoms with E-state index in [-0.39, 0.29) is 0 Å². The number of allylic oxidation sites excluding steroid dienone is 1. The van der Waals surface area contributed by atoms with Gasteiger partial charge in [-0.3, -0.25) is 0 Å². The van der Waals surface area contributed by atoms with E-state index >= 15 is 0 Å². The average Bonchev–Trinajstić information content (AvgIpc) is 2.49. The molecule has 0 aromatic rings. The predicted octanol–water partition coefficient (Wildman–Crippen LogP) is 7.09. The Kier molecular flexibility index (Phi) is 7.70. The Morgan fingerprint density at radius 3 is 2.00 bits per heavy atom. The van der Waals surface area contributed by atoms with Gasteiger partial charge in [-0.2, -0.15) is 0 Å². The quantitative estimate of drug-likeness (QED) is 0.452. The highest BCUT2D eigenvalue weighted by atomic mass is 79.9. The van der Waals surface area contributed by atoms with Crippen molar-refractivity contribution in [1.29, 1.82) is 0 Å². The van der Waals surface area contributed by atoms with Crippen LogP contribution in [-0.2, 0) is 0 Å². The van der Waals surface area contributed by atoms with Crippen molar-refractivity contribution in [1.82, 2.24) is 0 Å². The van der Waals surface area contributed by atoms with Gasteiger partial charge in [-0.15, -0.1) is 0 Å². The third-order valence-electron chi connectivity index (χ3n) is 5.94. The van der Waals surface area contributed by atoms with Crippen LogP contribution in [0.15, 0.2) is 11.1 Å². The fraction of sp³-hybridized carbons (Fsp3) is 0.895. The topological polar surface area (TPSA) is 0 Å². The molecule has 0 amide bonds. The summed E-state index contributed by atoms with van der Waals surface area (Å²) in [4.78, 5) is 2.07. The molecule has 0 spiro atoms. The molecule has 2 aliphatic rings. The zero-order chi connectivity index (χ0) is 14.2. The molecule has 0 bridgehead atoms. The molecule has 0 aromatic heterocycles. The highest BCUT2D eigenvalue weighted by Crippen LogP contribution is 2.42. The van der Waals surface area contributed by atoms with E-state index in [1.54, 1.807) is 12.8 Å². The molecule has 0 heterocycles. The highest BCUT2D eigenvalue weighted by Gasteiger charge is 2.30. The fourth-order valence-corrected chi connectivity index (χ4v) is 4.97. The van der Waals surface area contributed by atoms with E-state index in [0.717, 1.165) is 23.7 Å².